The van der Waals surface area contributed by atoms with Gasteiger partial charge in [0.15, 0.2) is 0 Å². The molecule has 1 amide bonds. The summed E-state index contributed by atoms with van der Waals surface area (Å²) in [4.78, 5) is 11.8. The maximum Gasteiger partial charge on any atom is 0.251 e. The molecule has 17 heavy (non-hydrogen) atoms. The largest absolute Gasteiger partial charge is 0.392 e. The van der Waals surface area contributed by atoms with Gasteiger partial charge in [-0.05, 0) is 37.6 Å². The lowest BCUT2D eigenvalue weighted by Crippen LogP contribution is -2.43. The molecule has 1 rings (SSSR count). The second-order valence-electron chi connectivity index (χ2n) is 4.07. The summed E-state index contributed by atoms with van der Waals surface area (Å²) in [5.41, 5.74) is 7.14. The number of nitrogens with two attached hydrogens (primary N) is 1. The Labute approximate surface area is 109 Å². The highest BCUT2D eigenvalue weighted by Crippen LogP contribution is 2.15. The molecule has 0 fully saturated rings. The third-order valence-electron chi connectivity index (χ3n) is 2.55. The molecule has 0 aliphatic rings. The Morgan fingerprint density at radius 2 is 2.24 bits per heavy atom. The van der Waals surface area contributed by atoms with Crippen LogP contribution < -0.4 is 11.1 Å². The van der Waals surface area contributed by atoms with Crippen LogP contribution in [0, 0.1) is 6.92 Å². The van der Waals surface area contributed by atoms with Crippen molar-refractivity contribution in [2.24, 2.45) is 5.73 Å². The van der Waals surface area contributed by atoms with Gasteiger partial charge in [-0.3, -0.25) is 4.79 Å². The van der Waals surface area contributed by atoms with E-state index >= 15 is 0 Å². The molecule has 0 spiro atoms. The summed E-state index contributed by atoms with van der Waals surface area (Å²) in [6, 6.07) is 5.00. The highest BCUT2D eigenvalue weighted by molar-refractivity contribution is 9.10. The number of benzene rings is 1. The van der Waals surface area contributed by atoms with Crippen molar-refractivity contribution in [1.29, 1.82) is 0 Å². The smallest absolute Gasteiger partial charge is 0.251 e. The van der Waals surface area contributed by atoms with E-state index in [1.807, 2.05) is 19.1 Å². The predicted octanol–water partition coefficient (Wildman–Crippen LogP) is 1.20. The molecule has 94 valence electrons. The molecule has 0 aliphatic carbocycles. The molecule has 0 aromatic heterocycles. The van der Waals surface area contributed by atoms with E-state index in [1.165, 1.54) is 0 Å². The number of hydrogen-bond acceptors (Lipinski definition) is 3. The van der Waals surface area contributed by atoms with Crippen LogP contribution in [0.25, 0.3) is 0 Å². The summed E-state index contributed by atoms with van der Waals surface area (Å²) >= 11 is 3.34. The van der Waals surface area contributed by atoms with Crippen LogP contribution in [-0.4, -0.2) is 29.7 Å². The minimum Gasteiger partial charge on any atom is -0.392 e. The van der Waals surface area contributed by atoms with Crippen molar-refractivity contribution in [2.75, 3.05) is 6.54 Å². The second-order valence-corrected chi connectivity index (χ2v) is 4.99. The van der Waals surface area contributed by atoms with Crippen molar-refractivity contribution in [2.45, 2.75) is 26.0 Å². The normalized spacial score (nSPS) is 14.2. The lowest BCUT2D eigenvalue weighted by Gasteiger charge is -2.15. The first-order valence-corrected chi connectivity index (χ1v) is 6.19. The van der Waals surface area contributed by atoms with Crippen molar-refractivity contribution < 1.29 is 9.90 Å². The van der Waals surface area contributed by atoms with Crippen LogP contribution in [-0.2, 0) is 0 Å². The second kappa shape index (κ2) is 6.14. The van der Waals surface area contributed by atoms with Crippen molar-refractivity contribution >= 4 is 21.8 Å². The SMILES string of the molecule is Cc1cc(Br)ccc1C(=O)NCC(N)C(C)O. The van der Waals surface area contributed by atoms with E-state index in [9.17, 15) is 9.90 Å². The lowest BCUT2D eigenvalue weighted by molar-refractivity contribution is 0.0937. The predicted molar refractivity (Wildman–Crippen MR) is 70.9 cm³/mol. The Hall–Kier alpha value is -0.910. The molecular weight excluding hydrogens is 284 g/mol. The average molecular weight is 301 g/mol. The zero-order chi connectivity index (χ0) is 13.0. The van der Waals surface area contributed by atoms with Gasteiger partial charge in [0.05, 0.1) is 6.10 Å². The fraction of sp³-hybridized carbons (Fsp3) is 0.417. The number of aryl methyl sites for hydroxylation is 1. The molecule has 5 heteroatoms. The van der Waals surface area contributed by atoms with E-state index in [0.29, 0.717) is 5.56 Å². The van der Waals surface area contributed by atoms with Crippen LogP contribution in [0.2, 0.25) is 0 Å². The van der Waals surface area contributed by atoms with Gasteiger partial charge in [0, 0.05) is 22.6 Å². The molecule has 0 saturated carbocycles. The highest BCUT2D eigenvalue weighted by Gasteiger charge is 2.13. The van der Waals surface area contributed by atoms with Crippen molar-refractivity contribution in [3.8, 4) is 0 Å². The fourth-order valence-corrected chi connectivity index (χ4v) is 1.83. The van der Waals surface area contributed by atoms with Gasteiger partial charge in [0.25, 0.3) is 5.91 Å². The average Bonchev–Trinajstić information content (AvgIpc) is 2.25. The molecule has 2 unspecified atom stereocenters. The van der Waals surface area contributed by atoms with E-state index in [4.69, 9.17) is 5.73 Å². The van der Waals surface area contributed by atoms with Gasteiger partial charge in [-0.2, -0.15) is 0 Å². The molecule has 4 N–H and O–H groups in total. The lowest BCUT2D eigenvalue weighted by atomic mass is 10.1. The van der Waals surface area contributed by atoms with E-state index < -0.39 is 12.1 Å². The number of amides is 1. The molecule has 1 aromatic rings. The summed E-state index contributed by atoms with van der Waals surface area (Å²) in [6.07, 6.45) is -0.638. The zero-order valence-corrected chi connectivity index (χ0v) is 11.5. The van der Waals surface area contributed by atoms with Gasteiger partial charge in [0.1, 0.15) is 0 Å². The van der Waals surface area contributed by atoms with Gasteiger partial charge in [-0.1, -0.05) is 15.9 Å². The van der Waals surface area contributed by atoms with Crippen molar-refractivity contribution in [3.05, 3.63) is 33.8 Å². The molecule has 0 aliphatic heterocycles. The van der Waals surface area contributed by atoms with Gasteiger partial charge in [-0.25, -0.2) is 0 Å². The van der Waals surface area contributed by atoms with Crippen LogP contribution in [0.3, 0.4) is 0 Å². The number of aliphatic hydroxyl groups is 1. The Morgan fingerprint density at radius 1 is 1.59 bits per heavy atom. The molecule has 0 heterocycles. The maximum atomic E-state index is 11.8. The first-order valence-electron chi connectivity index (χ1n) is 5.40. The highest BCUT2D eigenvalue weighted by atomic mass is 79.9. The summed E-state index contributed by atoms with van der Waals surface area (Å²) in [5, 5.41) is 11.9. The van der Waals surface area contributed by atoms with Crippen LogP contribution >= 0.6 is 15.9 Å². The summed E-state index contributed by atoms with van der Waals surface area (Å²) < 4.78 is 0.937. The van der Waals surface area contributed by atoms with Crippen LogP contribution in [0.15, 0.2) is 22.7 Å². The van der Waals surface area contributed by atoms with E-state index in [2.05, 4.69) is 21.2 Å². The number of halogens is 1. The molecule has 0 bridgehead atoms. The van der Waals surface area contributed by atoms with Gasteiger partial charge < -0.3 is 16.2 Å². The quantitative estimate of drug-likeness (QED) is 0.782. The molecule has 2 atom stereocenters. The number of rotatable bonds is 4. The first-order chi connectivity index (χ1) is 7.91. The fourth-order valence-electron chi connectivity index (χ4n) is 1.36. The maximum absolute atomic E-state index is 11.8. The van der Waals surface area contributed by atoms with Crippen LogP contribution in [0.5, 0.6) is 0 Å². The summed E-state index contributed by atoms with van der Waals surface area (Å²) in [7, 11) is 0. The minimum atomic E-state index is -0.638. The van der Waals surface area contributed by atoms with E-state index in [1.54, 1.807) is 13.0 Å². The molecule has 0 saturated heterocycles. The summed E-state index contributed by atoms with van der Waals surface area (Å²) in [5.74, 6) is -0.175. The number of hydrogen-bond donors (Lipinski definition) is 3. The number of carbonyl (C=O) groups is 1. The Morgan fingerprint density at radius 3 is 2.76 bits per heavy atom. The number of nitrogens with one attached hydrogen (secondary N) is 1. The van der Waals surface area contributed by atoms with E-state index in [0.717, 1.165) is 10.0 Å². The molecular formula is C12H17BrN2O2. The topological polar surface area (TPSA) is 75.4 Å². The first kappa shape index (κ1) is 14.2. The molecule has 4 nitrogen and oxygen atoms in total. The Bertz CT molecular complexity index is 407. The Kier molecular flexibility index (Phi) is 5.11. The minimum absolute atomic E-state index is 0.175. The van der Waals surface area contributed by atoms with Gasteiger partial charge in [-0.15, -0.1) is 0 Å². The Balaban J connectivity index is 2.64. The third kappa shape index (κ3) is 4.11. The van der Waals surface area contributed by atoms with E-state index in [-0.39, 0.29) is 12.5 Å². The standard InChI is InChI=1S/C12H17BrN2O2/c1-7-5-9(13)3-4-10(7)12(17)15-6-11(14)8(2)16/h3-5,8,11,16H,6,14H2,1-2H3,(H,15,17). The number of carbonyl (C=O) groups excluding carboxylic acids is 1. The van der Waals surface area contributed by atoms with Crippen molar-refractivity contribution in [3.63, 3.8) is 0 Å². The number of aliphatic hydroxyl groups excluding tert-OH is 1. The van der Waals surface area contributed by atoms with Crippen LogP contribution in [0.1, 0.15) is 22.8 Å². The zero-order valence-electron chi connectivity index (χ0n) is 9.90. The molecule has 1 aromatic carbocycles. The summed E-state index contributed by atoms with van der Waals surface area (Å²) in [6.45, 7) is 3.72. The van der Waals surface area contributed by atoms with Crippen LogP contribution in [0.4, 0.5) is 0 Å². The third-order valence-corrected chi connectivity index (χ3v) is 3.04. The molecule has 0 radical (unpaired) electrons. The van der Waals surface area contributed by atoms with Gasteiger partial charge in [0.2, 0.25) is 0 Å². The van der Waals surface area contributed by atoms with Gasteiger partial charge >= 0.3 is 0 Å². The van der Waals surface area contributed by atoms with Crippen molar-refractivity contribution in [1.82, 2.24) is 5.32 Å². The monoisotopic (exact) mass is 300 g/mol.